The predicted octanol–water partition coefficient (Wildman–Crippen LogP) is 1.81. The van der Waals surface area contributed by atoms with E-state index in [1.807, 2.05) is 19.9 Å². The molecule has 0 fully saturated rings. The predicted molar refractivity (Wildman–Crippen MR) is 51.8 cm³/mol. The molecule has 1 amide bonds. The van der Waals surface area contributed by atoms with Crippen LogP contribution < -0.4 is 5.32 Å². The van der Waals surface area contributed by atoms with E-state index in [0.29, 0.717) is 5.57 Å². The molecule has 0 spiro atoms. The van der Waals surface area contributed by atoms with E-state index >= 15 is 0 Å². The van der Waals surface area contributed by atoms with Crippen molar-refractivity contribution in [2.75, 3.05) is 7.05 Å². The summed E-state index contributed by atoms with van der Waals surface area (Å²) in [7, 11) is 1.60. The van der Waals surface area contributed by atoms with Gasteiger partial charge in [0, 0.05) is 12.6 Å². The molecule has 2 heteroatoms. The van der Waals surface area contributed by atoms with Gasteiger partial charge in [0.15, 0.2) is 0 Å². The summed E-state index contributed by atoms with van der Waals surface area (Å²) in [6.45, 7) is 7.42. The molecule has 0 aliphatic carbocycles. The normalized spacial score (nSPS) is 12.6. The van der Waals surface area contributed by atoms with Crippen LogP contribution in [0.3, 0.4) is 0 Å². The van der Waals surface area contributed by atoms with Gasteiger partial charge in [-0.3, -0.25) is 4.79 Å². The third kappa shape index (κ3) is 3.19. The Balaban J connectivity index is 4.66. The second kappa shape index (κ2) is 5.35. The summed E-state index contributed by atoms with van der Waals surface area (Å²) in [6, 6.07) is 0. The van der Waals surface area contributed by atoms with Crippen LogP contribution in [0.4, 0.5) is 0 Å². The van der Waals surface area contributed by atoms with Crippen LogP contribution in [0.15, 0.2) is 36.0 Å². The maximum absolute atomic E-state index is 11.1. The number of allylic oxidation sites excluding steroid dienone is 3. The lowest BCUT2D eigenvalue weighted by Gasteiger charge is -1.99. The van der Waals surface area contributed by atoms with Crippen molar-refractivity contribution in [3.05, 3.63) is 36.0 Å². The van der Waals surface area contributed by atoms with Gasteiger partial charge in [-0.1, -0.05) is 24.3 Å². The molecule has 0 aliphatic heterocycles. The van der Waals surface area contributed by atoms with Gasteiger partial charge in [-0.15, -0.1) is 0 Å². The van der Waals surface area contributed by atoms with Gasteiger partial charge >= 0.3 is 0 Å². The highest BCUT2D eigenvalue weighted by atomic mass is 16.1. The number of carbonyl (C=O) groups is 1. The summed E-state index contributed by atoms with van der Waals surface area (Å²) in [5.74, 6) is -0.105. The lowest BCUT2D eigenvalue weighted by molar-refractivity contribution is -0.116. The van der Waals surface area contributed by atoms with Crippen LogP contribution >= 0.6 is 0 Å². The fourth-order valence-electron chi connectivity index (χ4n) is 0.690. The van der Waals surface area contributed by atoms with Crippen LogP contribution in [0.1, 0.15) is 13.8 Å². The second-order valence-electron chi connectivity index (χ2n) is 2.42. The number of hydrogen-bond donors (Lipinski definition) is 1. The third-order valence-corrected chi connectivity index (χ3v) is 1.55. The lowest BCUT2D eigenvalue weighted by Crippen LogP contribution is -2.18. The van der Waals surface area contributed by atoms with Crippen molar-refractivity contribution in [1.29, 1.82) is 0 Å². The van der Waals surface area contributed by atoms with Crippen LogP contribution in [0.2, 0.25) is 0 Å². The number of hydrogen-bond acceptors (Lipinski definition) is 1. The Kier molecular flexibility index (Phi) is 4.77. The van der Waals surface area contributed by atoms with Crippen LogP contribution in [0.5, 0.6) is 0 Å². The molecule has 0 heterocycles. The van der Waals surface area contributed by atoms with Crippen molar-refractivity contribution in [2.24, 2.45) is 0 Å². The van der Waals surface area contributed by atoms with Gasteiger partial charge < -0.3 is 5.32 Å². The minimum Gasteiger partial charge on any atom is -0.355 e. The van der Waals surface area contributed by atoms with Crippen molar-refractivity contribution >= 4 is 5.91 Å². The summed E-state index contributed by atoms with van der Waals surface area (Å²) >= 11 is 0. The topological polar surface area (TPSA) is 29.1 Å². The summed E-state index contributed by atoms with van der Waals surface area (Å²) < 4.78 is 0. The molecule has 0 aromatic heterocycles. The summed E-state index contributed by atoms with van der Waals surface area (Å²) in [6.07, 6.45) is 5.28. The van der Waals surface area contributed by atoms with Gasteiger partial charge in [-0.2, -0.15) is 0 Å². The maximum Gasteiger partial charge on any atom is 0.251 e. The fraction of sp³-hybridized carbons (Fsp3) is 0.300. The molecule has 0 saturated carbocycles. The lowest BCUT2D eigenvalue weighted by atomic mass is 10.1. The first-order valence-corrected chi connectivity index (χ1v) is 3.84. The molecular weight excluding hydrogens is 150 g/mol. The molecule has 0 atom stereocenters. The van der Waals surface area contributed by atoms with E-state index in [1.54, 1.807) is 19.2 Å². The van der Waals surface area contributed by atoms with Crippen LogP contribution in [0, 0.1) is 0 Å². The first-order chi connectivity index (χ1) is 5.65. The minimum atomic E-state index is -0.105. The van der Waals surface area contributed by atoms with Gasteiger partial charge in [-0.25, -0.2) is 0 Å². The molecular formula is C10H15NO. The maximum atomic E-state index is 11.1. The van der Waals surface area contributed by atoms with Gasteiger partial charge in [0.25, 0.3) is 5.91 Å². The van der Waals surface area contributed by atoms with Crippen molar-refractivity contribution in [2.45, 2.75) is 13.8 Å². The van der Waals surface area contributed by atoms with Crippen molar-refractivity contribution < 1.29 is 4.79 Å². The Morgan fingerprint density at radius 2 is 2.08 bits per heavy atom. The van der Waals surface area contributed by atoms with Gasteiger partial charge in [0.1, 0.15) is 0 Å². The monoisotopic (exact) mass is 165 g/mol. The Bertz CT molecular complexity index is 236. The smallest absolute Gasteiger partial charge is 0.251 e. The van der Waals surface area contributed by atoms with Gasteiger partial charge in [0.2, 0.25) is 0 Å². The van der Waals surface area contributed by atoms with Crippen molar-refractivity contribution in [3.8, 4) is 0 Å². The zero-order valence-electron chi connectivity index (χ0n) is 7.85. The number of likely N-dealkylation sites (N-methyl/N-ethyl adjacent to an activating group) is 1. The molecule has 0 saturated heterocycles. The fourth-order valence-corrected chi connectivity index (χ4v) is 0.690. The minimum absolute atomic E-state index is 0.105. The molecule has 66 valence electrons. The van der Waals surface area contributed by atoms with E-state index in [1.165, 1.54) is 0 Å². The van der Waals surface area contributed by atoms with Gasteiger partial charge in [0.05, 0.1) is 0 Å². The average molecular weight is 165 g/mol. The Hall–Kier alpha value is -1.31. The first kappa shape index (κ1) is 10.7. The molecule has 12 heavy (non-hydrogen) atoms. The molecule has 0 radical (unpaired) electrons. The highest BCUT2D eigenvalue weighted by Gasteiger charge is 2.01. The molecule has 0 bridgehead atoms. The van der Waals surface area contributed by atoms with Crippen molar-refractivity contribution in [3.63, 3.8) is 0 Å². The van der Waals surface area contributed by atoms with E-state index in [0.717, 1.165) is 5.57 Å². The number of carbonyl (C=O) groups excluding carboxylic acids is 1. The second-order valence-corrected chi connectivity index (χ2v) is 2.42. The SMILES string of the molecule is C=C/C(=C\C(C)=C/C)C(=O)NC. The first-order valence-electron chi connectivity index (χ1n) is 3.84. The molecule has 2 nitrogen and oxygen atoms in total. The molecule has 0 aliphatic rings. The van der Waals surface area contributed by atoms with Gasteiger partial charge in [-0.05, 0) is 19.9 Å². The van der Waals surface area contributed by atoms with E-state index in [4.69, 9.17) is 0 Å². The van der Waals surface area contributed by atoms with E-state index in [-0.39, 0.29) is 5.91 Å². The van der Waals surface area contributed by atoms with Crippen molar-refractivity contribution in [1.82, 2.24) is 5.32 Å². The van der Waals surface area contributed by atoms with Crippen LogP contribution in [0.25, 0.3) is 0 Å². The summed E-state index contributed by atoms with van der Waals surface area (Å²) in [5.41, 5.74) is 1.64. The Morgan fingerprint density at radius 3 is 2.42 bits per heavy atom. The molecule has 0 aromatic rings. The summed E-state index contributed by atoms with van der Waals surface area (Å²) in [5, 5.41) is 2.54. The highest BCUT2D eigenvalue weighted by molar-refractivity contribution is 5.96. The Morgan fingerprint density at radius 1 is 1.50 bits per heavy atom. The average Bonchev–Trinajstić information content (AvgIpc) is 2.12. The van der Waals surface area contributed by atoms with Crippen LogP contribution in [-0.2, 0) is 4.79 Å². The number of rotatable bonds is 3. The molecule has 1 N–H and O–H groups in total. The number of nitrogens with one attached hydrogen (secondary N) is 1. The zero-order chi connectivity index (χ0) is 9.56. The Labute approximate surface area is 73.7 Å². The van der Waals surface area contributed by atoms with E-state index < -0.39 is 0 Å². The quantitative estimate of drug-likeness (QED) is 0.501. The van der Waals surface area contributed by atoms with E-state index in [9.17, 15) is 4.79 Å². The molecule has 0 rings (SSSR count). The summed E-state index contributed by atoms with van der Waals surface area (Å²) in [4.78, 5) is 11.1. The molecule has 0 aromatic carbocycles. The van der Waals surface area contributed by atoms with E-state index in [2.05, 4.69) is 11.9 Å². The number of amides is 1. The zero-order valence-corrected chi connectivity index (χ0v) is 7.85. The third-order valence-electron chi connectivity index (χ3n) is 1.55. The standard InChI is InChI=1S/C10H15NO/c1-5-8(3)7-9(6-2)10(12)11-4/h5-7H,2H2,1,3-4H3,(H,11,12)/b8-5-,9-7+. The molecule has 0 unspecified atom stereocenters. The highest BCUT2D eigenvalue weighted by Crippen LogP contribution is 2.02. The largest absolute Gasteiger partial charge is 0.355 e. The van der Waals surface area contributed by atoms with Crippen LogP contribution in [-0.4, -0.2) is 13.0 Å².